The molecule has 8 nitrogen and oxygen atoms in total. The highest BCUT2D eigenvalue weighted by atomic mass is 16.5. The summed E-state index contributed by atoms with van der Waals surface area (Å²) in [6, 6.07) is 8.16. The maximum atomic E-state index is 11.8. The average Bonchev–Trinajstić information content (AvgIpc) is 3.06. The van der Waals surface area contributed by atoms with E-state index < -0.39 is 5.91 Å². The first-order valence-electron chi connectivity index (χ1n) is 7.17. The van der Waals surface area contributed by atoms with Crippen molar-refractivity contribution in [2.24, 2.45) is 0 Å². The summed E-state index contributed by atoms with van der Waals surface area (Å²) in [5.74, 6) is -0.0545. The van der Waals surface area contributed by atoms with Crippen molar-refractivity contribution in [1.29, 1.82) is 0 Å². The fourth-order valence-corrected chi connectivity index (χ4v) is 1.79. The molecule has 0 saturated heterocycles. The molecule has 2 rings (SSSR count). The van der Waals surface area contributed by atoms with Crippen molar-refractivity contribution in [2.75, 3.05) is 13.6 Å². The van der Waals surface area contributed by atoms with Gasteiger partial charge < -0.3 is 19.9 Å². The van der Waals surface area contributed by atoms with E-state index in [-0.39, 0.29) is 30.5 Å². The fourth-order valence-electron chi connectivity index (χ4n) is 1.79. The Morgan fingerprint density at radius 1 is 1.25 bits per heavy atom. The van der Waals surface area contributed by atoms with Crippen LogP contribution in [0.5, 0.6) is 5.75 Å². The highest BCUT2D eigenvalue weighted by molar-refractivity contribution is 5.95. The van der Waals surface area contributed by atoms with Crippen LogP contribution in [0.4, 0.5) is 0 Å². The molecule has 0 radical (unpaired) electrons. The summed E-state index contributed by atoms with van der Waals surface area (Å²) in [5, 5.41) is 8.42. The second kappa shape index (κ2) is 7.91. The van der Waals surface area contributed by atoms with E-state index in [9.17, 15) is 14.4 Å². The van der Waals surface area contributed by atoms with Crippen LogP contribution in [0.25, 0.3) is 0 Å². The van der Waals surface area contributed by atoms with E-state index in [4.69, 9.17) is 9.26 Å². The third-order valence-corrected chi connectivity index (χ3v) is 3.10. The molecule has 0 unspecified atom stereocenters. The molecule has 0 aliphatic heterocycles. The van der Waals surface area contributed by atoms with Crippen molar-refractivity contribution in [3.63, 3.8) is 0 Å². The van der Waals surface area contributed by atoms with Gasteiger partial charge in [0, 0.05) is 18.7 Å². The Bertz CT molecular complexity index is 754. The van der Waals surface area contributed by atoms with Crippen LogP contribution in [0.15, 0.2) is 34.9 Å². The van der Waals surface area contributed by atoms with E-state index in [0.717, 1.165) is 0 Å². The summed E-state index contributed by atoms with van der Waals surface area (Å²) in [6.07, 6.45) is 0. The second-order valence-corrected chi connectivity index (χ2v) is 4.91. The van der Waals surface area contributed by atoms with Gasteiger partial charge >= 0.3 is 0 Å². The number of Topliss-reactive ketones (excluding diaryl/α,β-unsaturated/α-hetero) is 1. The fraction of sp³-hybridized carbons (Fsp3) is 0.250. The van der Waals surface area contributed by atoms with Gasteiger partial charge in [0.15, 0.2) is 17.2 Å². The Hall–Kier alpha value is -3.16. The predicted molar refractivity (Wildman–Crippen MR) is 83.7 cm³/mol. The third kappa shape index (κ3) is 4.67. The number of aromatic nitrogens is 1. The maximum absolute atomic E-state index is 11.8. The number of ketones is 1. The molecule has 8 heteroatoms. The Morgan fingerprint density at radius 2 is 2.04 bits per heavy atom. The number of nitrogens with zero attached hydrogens (tertiary/aromatic N) is 1. The zero-order valence-electron chi connectivity index (χ0n) is 13.3. The van der Waals surface area contributed by atoms with Gasteiger partial charge in [-0.3, -0.25) is 14.4 Å². The molecule has 2 aromatic rings. The number of carbonyl (C=O) groups excluding carboxylic acids is 3. The minimum Gasteiger partial charge on any atom is -0.486 e. The highest BCUT2D eigenvalue weighted by Gasteiger charge is 2.13. The van der Waals surface area contributed by atoms with Gasteiger partial charge in [-0.1, -0.05) is 17.3 Å². The molecule has 1 heterocycles. The minimum absolute atomic E-state index is 0.0509. The van der Waals surface area contributed by atoms with Gasteiger partial charge in [-0.15, -0.1) is 0 Å². The lowest BCUT2D eigenvalue weighted by Crippen LogP contribution is -2.35. The van der Waals surface area contributed by atoms with E-state index in [1.54, 1.807) is 24.3 Å². The topological polar surface area (TPSA) is 111 Å². The summed E-state index contributed by atoms with van der Waals surface area (Å²) in [6.45, 7) is 1.38. The second-order valence-electron chi connectivity index (χ2n) is 4.91. The minimum atomic E-state index is -0.521. The number of ether oxygens (including phenoxy) is 1. The molecule has 0 aliphatic rings. The quantitative estimate of drug-likeness (QED) is 0.730. The standard InChI is InChI=1S/C16H17N3O5/c1-10(20)11-4-3-5-12(6-11)23-9-13-7-14(19-24-13)16(22)18-8-15(21)17-2/h3-7H,8-9H2,1-2H3,(H,17,21)(H,18,22). The van der Waals surface area contributed by atoms with Crippen molar-refractivity contribution >= 4 is 17.6 Å². The molecule has 1 aromatic heterocycles. The van der Waals surface area contributed by atoms with Crippen molar-refractivity contribution in [3.05, 3.63) is 47.3 Å². The van der Waals surface area contributed by atoms with E-state index in [1.165, 1.54) is 20.0 Å². The molecule has 2 N–H and O–H groups in total. The van der Waals surface area contributed by atoms with Gasteiger partial charge in [0.2, 0.25) is 5.91 Å². The molecular formula is C16H17N3O5. The first-order valence-corrected chi connectivity index (χ1v) is 7.17. The molecule has 0 bridgehead atoms. The number of amides is 2. The molecule has 126 valence electrons. The van der Waals surface area contributed by atoms with Gasteiger partial charge in [0.05, 0.1) is 6.54 Å². The summed E-state index contributed by atoms with van der Waals surface area (Å²) in [7, 11) is 1.47. The third-order valence-electron chi connectivity index (χ3n) is 3.10. The number of nitrogens with one attached hydrogen (secondary N) is 2. The van der Waals surface area contributed by atoms with Crippen LogP contribution < -0.4 is 15.4 Å². The Kier molecular flexibility index (Phi) is 5.67. The summed E-state index contributed by atoms with van der Waals surface area (Å²) < 4.78 is 10.5. The normalized spacial score (nSPS) is 10.1. The van der Waals surface area contributed by atoms with Crippen molar-refractivity contribution in [1.82, 2.24) is 15.8 Å². The van der Waals surface area contributed by atoms with Crippen LogP contribution in [0.2, 0.25) is 0 Å². The number of likely N-dealkylation sites (N-methyl/N-ethyl adjacent to an activating group) is 1. The highest BCUT2D eigenvalue weighted by Crippen LogP contribution is 2.16. The molecule has 0 aliphatic carbocycles. The number of carbonyl (C=O) groups is 3. The molecule has 2 amide bonds. The zero-order valence-corrected chi connectivity index (χ0v) is 13.3. The number of hydrogen-bond donors (Lipinski definition) is 2. The van der Waals surface area contributed by atoms with Gasteiger partial charge in [-0.05, 0) is 19.1 Å². The molecule has 0 atom stereocenters. The Morgan fingerprint density at radius 3 is 2.75 bits per heavy atom. The lowest BCUT2D eigenvalue weighted by atomic mass is 10.1. The van der Waals surface area contributed by atoms with Gasteiger partial charge in [0.1, 0.15) is 12.4 Å². The van der Waals surface area contributed by atoms with Crippen LogP contribution >= 0.6 is 0 Å². The lowest BCUT2D eigenvalue weighted by molar-refractivity contribution is -0.119. The predicted octanol–water partition coefficient (Wildman–Crippen LogP) is 0.932. The maximum Gasteiger partial charge on any atom is 0.273 e. The summed E-state index contributed by atoms with van der Waals surface area (Å²) in [4.78, 5) is 34.2. The number of hydrogen-bond acceptors (Lipinski definition) is 6. The molecule has 1 aromatic carbocycles. The van der Waals surface area contributed by atoms with Crippen LogP contribution in [0.3, 0.4) is 0 Å². The summed E-state index contributed by atoms with van der Waals surface area (Å²) in [5.41, 5.74) is 0.592. The van der Waals surface area contributed by atoms with Crippen molar-refractivity contribution < 1.29 is 23.6 Å². The molecule has 0 fully saturated rings. The van der Waals surface area contributed by atoms with E-state index >= 15 is 0 Å². The number of rotatable bonds is 7. The SMILES string of the molecule is CNC(=O)CNC(=O)c1cc(COc2cccc(C(C)=O)c2)on1. The molecule has 0 spiro atoms. The molecule has 24 heavy (non-hydrogen) atoms. The van der Waals surface area contributed by atoms with Gasteiger partial charge in [-0.2, -0.15) is 0 Å². The van der Waals surface area contributed by atoms with E-state index in [1.807, 2.05) is 0 Å². The van der Waals surface area contributed by atoms with Gasteiger partial charge in [0.25, 0.3) is 5.91 Å². The Labute approximate surface area is 138 Å². The van der Waals surface area contributed by atoms with Crippen LogP contribution in [0.1, 0.15) is 33.5 Å². The average molecular weight is 331 g/mol. The van der Waals surface area contributed by atoms with Crippen LogP contribution in [-0.4, -0.2) is 36.3 Å². The van der Waals surface area contributed by atoms with E-state index in [0.29, 0.717) is 17.1 Å². The first kappa shape index (κ1) is 17.2. The number of benzene rings is 1. The smallest absolute Gasteiger partial charge is 0.273 e. The monoisotopic (exact) mass is 331 g/mol. The largest absolute Gasteiger partial charge is 0.486 e. The Balaban J connectivity index is 1.92. The zero-order chi connectivity index (χ0) is 17.5. The van der Waals surface area contributed by atoms with E-state index in [2.05, 4.69) is 15.8 Å². The van der Waals surface area contributed by atoms with Crippen molar-refractivity contribution in [2.45, 2.75) is 13.5 Å². The lowest BCUT2D eigenvalue weighted by Gasteiger charge is -2.04. The van der Waals surface area contributed by atoms with Crippen molar-refractivity contribution in [3.8, 4) is 5.75 Å². The van der Waals surface area contributed by atoms with Crippen LogP contribution in [-0.2, 0) is 11.4 Å². The van der Waals surface area contributed by atoms with Crippen LogP contribution in [0, 0.1) is 0 Å². The molecular weight excluding hydrogens is 314 g/mol. The first-order chi connectivity index (χ1) is 11.5. The molecule has 0 saturated carbocycles. The summed E-state index contributed by atoms with van der Waals surface area (Å²) >= 11 is 0. The van der Waals surface area contributed by atoms with Gasteiger partial charge in [-0.25, -0.2) is 0 Å².